The molecule has 0 aromatic heterocycles. The fourth-order valence-electron chi connectivity index (χ4n) is 2.57. The predicted octanol–water partition coefficient (Wildman–Crippen LogP) is 3.74. The van der Waals surface area contributed by atoms with E-state index in [0.29, 0.717) is 22.1 Å². The molecule has 1 atom stereocenters. The molecule has 0 bridgehead atoms. The van der Waals surface area contributed by atoms with Crippen LogP contribution >= 0.6 is 11.6 Å². The molecular formula is C21H25ClN2O4. The lowest BCUT2D eigenvalue weighted by atomic mass is 10.1. The third-order valence-electron chi connectivity index (χ3n) is 3.92. The van der Waals surface area contributed by atoms with Crippen LogP contribution in [0, 0.1) is 0 Å². The van der Waals surface area contributed by atoms with Crippen molar-refractivity contribution in [1.29, 1.82) is 0 Å². The zero-order valence-electron chi connectivity index (χ0n) is 16.4. The largest absolute Gasteiger partial charge is 0.493 e. The Morgan fingerprint density at radius 2 is 1.82 bits per heavy atom. The van der Waals surface area contributed by atoms with E-state index < -0.39 is 0 Å². The molecule has 0 aliphatic carbocycles. The van der Waals surface area contributed by atoms with Crippen LogP contribution in [0.4, 0.5) is 0 Å². The maximum absolute atomic E-state index is 12.2. The molecule has 28 heavy (non-hydrogen) atoms. The molecule has 2 aromatic rings. The average Bonchev–Trinajstić information content (AvgIpc) is 2.65. The number of rotatable bonds is 8. The first kappa shape index (κ1) is 21.6. The van der Waals surface area contributed by atoms with Gasteiger partial charge in [-0.05, 0) is 56.7 Å². The molecule has 1 unspecified atom stereocenters. The van der Waals surface area contributed by atoms with Crippen molar-refractivity contribution in [3.63, 3.8) is 0 Å². The Balaban J connectivity index is 1.93. The van der Waals surface area contributed by atoms with Gasteiger partial charge in [0.05, 0.1) is 25.8 Å². The van der Waals surface area contributed by atoms with Crippen LogP contribution in [0.1, 0.15) is 42.7 Å². The number of carbonyl (C=O) groups is 2. The highest BCUT2D eigenvalue weighted by atomic mass is 35.5. The normalized spacial score (nSPS) is 11.6. The standard InChI is InChI=1S/C21H25ClN2O4/c1-13(2)28-18-9-8-15(11-19(18)27-4)14(3)24-20(25)12-23-21(26)16-6-5-7-17(22)10-16/h5-11,13-14H,12H2,1-4H3,(H,23,26)(H,24,25). The van der Waals surface area contributed by atoms with E-state index in [2.05, 4.69) is 10.6 Å². The highest BCUT2D eigenvalue weighted by Crippen LogP contribution is 2.31. The molecule has 0 saturated carbocycles. The van der Waals surface area contributed by atoms with Gasteiger partial charge in [-0.3, -0.25) is 9.59 Å². The van der Waals surface area contributed by atoms with Crippen molar-refractivity contribution in [2.45, 2.75) is 32.9 Å². The average molecular weight is 405 g/mol. The molecule has 0 spiro atoms. The van der Waals surface area contributed by atoms with Crippen LogP contribution in [0.15, 0.2) is 42.5 Å². The van der Waals surface area contributed by atoms with Gasteiger partial charge in [-0.25, -0.2) is 0 Å². The minimum Gasteiger partial charge on any atom is -0.493 e. The van der Waals surface area contributed by atoms with E-state index in [1.54, 1.807) is 31.4 Å². The second-order valence-corrected chi connectivity index (χ2v) is 7.00. The lowest BCUT2D eigenvalue weighted by Crippen LogP contribution is -2.38. The number of hydrogen-bond acceptors (Lipinski definition) is 4. The first-order valence-corrected chi connectivity index (χ1v) is 9.35. The van der Waals surface area contributed by atoms with Gasteiger partial charge in [0.25, 0.3) is 5.91 Å². The van der Waals surface area contributed by atoms with Gasteiger partial charge in [-0.2, -0.15) is 0 Å². The summed E-state index contributed by atoms with van der Waals surface area (Å²) >= 11 is 5.87. The maximum Gasteiger partial charge on any atom is 0.251 e. The van der Waals surface area contributed by atoms with E-state index in [-0.39, 0.29) is 30.5 Å². The smallest absolute Gasteiger partial charge is 0.251 e. The molecule has 2 rings (SSSR count). The molecule has 0 aliphatic rings. The highest BCUT2D eigenvalue weighted by Gasteiger charge is 2.15. The lowest BCUT2D eigenvalue weighted by Gasteiger charge is -2.18. The van der Waals surface area contributed by atoms with Crippen molar-refractivity contribution in [3.8, 4) is 11.5 Å². The quantitative estimate of drug-likeness (QED) is 0.702. The Kier molecular flexibility index (Phi) is 7.70. The van der Waals surface area contributed by atoms with Crippen LogP contribution in [0.2, 0.25) is 5.02 Å². The van der Waals surface area contributed by atoms with Gasteiger partial charge in [0.2, 0.25) is 5.91 Å². The Hall–Kier alpha value is -2.73. The van der Waals surface area contributed by atoms with Gasteiger partial charge >= 0.3 is 0 Å². The minimum atomic E-state index is -0.359. The summed E-state index contributed by atoms with van der Waals surface area (Å²) in [4.78, 5) is 24.3. The fourth-order valence-corrected chi connectivity index (χ4v) is 2.76. The zero-order chi connectivity index (χ0) is 20.7. The molecule has 0 fully saturated rings. The lowest BCUT2D eigenvalue weighted by molar-refractivity contribution is -0.120. The summed E-state index contributed by atoms with van der Waals surface area (Å²) in [5.41, 5.74) is 1.27. The van der Waals surface area contributed by atoms with E-state index >= 15 is 0 Å². The van der Waals surface area contributed by atoms with E-state index in [0.717, 1.165) is 5.56 Å². The van der Waals surface area contributed by atoms with Crippen molar-refractivity contribution >= 4 is 23.4 Å². The van der Waals surface area contributed by atoms with Crippen LogP contribution in [0.5, 0.6) is 11.5 Å². The third-order valence-corrected chi connectivity index (χ3v) is 4.16. The molecule has 0 aliphatic heterocycles. The van der Waals surface area contributed by atoms with Crippen LogP contribution in [-0.2, 0) is 4.79 Å². The first-order valence-electron chi connectivity index (χ1n) is 8.98. The van der Waals surface area contributed by atoms with Crippen molar-refractivity contribution in [2.75, 3.05) is 13.7 Å². The zero-order valence-corrected chi connectivity index (χ0v) is 17.2. The van der Waals surface area contributed by atoms with Gasteiger partial charge in [0, 0.05) is 10.6 Å². The molecule has 0 radical (unpaired) electrons. The highest BCUT2D eigenvalue weighted by molar-refractivity contribution is 6.30. The minimum absolute atomic E-state index is 0.0278. The molecule has 6 nitrogen and oxygen atoms in total. The summed E-state index contributed by atoms with van der Waals surface area (Å²) in [6.45, 7) is 5.59. The number of benzene rings is 2. The first-order chi connectivity index (χ1) is 13.3. The number of halogens is 1. The van der Waals surface area contributed by atoms with Crippen molar-refractivity contribution < 1.29 is 19.1 Å². The van der Waals surface area contributed by atoms with Crippen LogP contribution in [-0.4, -0.2) is 31.6 Å². The number of methoxy groups -OCH3 is 1. The molecule has 2 N–H and O–H groups in total. The number of carbonyl (C=O) groups excluding carboxylic acids is 2. The Morgan fingerprint density at radius 3 is 2.46 bits per heavy atom. The predicted molar refractivity (Wildman–Crippen MR) is 109 cm³/mol. The summed E-state index contributed by atoms with van der Waals surface area (Å²) in [6.07, 6.45) is 0.0278. The van der Waals surface area contributed by atoms with Gasteiger partial charge in [-0.1, -0.05) is 23.7 Å². The van der Waals surface area contributed by atoms with Crippen LogP contribution in [0.3, 0.4) is 0 Å². The second-order valence-electron chi connectivity index (χ2n) is 6.56. The summed E-state index contributed by atoms with van der Waals surface area (Å²) < 4.78 is 11.1. The molecule has 2 amide bonds. The number of hydrogen-bond donors (Lipinski definition) is 2. The monoisotopic (exact) mass is 404 g/mol. The number of amides is 2. The third kappa shape index (κ3) is 6.16. The van der Waals surface area contributed by atoms with Crippen molar-refractivity contribution in [3.05, 3.63) is 58.6 Å². The summed E-state index contributed by atoms with van der Waals surface area (Å²) in [7, 11) is 1.57. The van der Waals surface area contributed by atoms with Gasteiger partial charge < -0.3 is 20.1 Å². The molecule has 7 heteroatoms. The molecular weight excluding hydrogens is 380 g/mol. The second kappa shape index (κ2) is 9.99. The van der Waals surface area contributed by atoms with Crippen molar-refractivity contribution in [1.82, 2.24) is 10.6 Å². The Bertz CT molecular complexity index is 839. The van der Waals surface area contributed by atoms with Crippen LogP contribution in [0.25, 0.3) is 0 Å². The van der Waals surface area contributed by atoms with Crippen molar-refractivity contribution in [2.24, 2.45) is 0 Å². The Morgan fingerprint density at radius 1 is 1.07 bits per heavy atom. The van der Waals surface area contributed by atoms with E-state index in [1.165, 1.54) is 0 Å². The molecule has 0 heterocycles. The SMILES string of the molecule is COc1cc(C(C)NC(=O)CNC(=O)c2cccc(Cl)c2)ccc1OC(C)C. The molecule has 2 aromatic carbocycles. The summed E-state index contributed by atoms with van der Waals surface area (Å²) in [6, 6.07) is 11.8. The molecule has 150 valence electrons. The number of nitrogens with one attached hydrogen (secondary N) is 2. The summed E-state index contributed by atoms with van der Waals surface area (Å²) in [5, 5.41) is 5.89. The number of ether oxygens (including phenoxy) is 2. The topological polar surface area (TPSA) is 76.7 Å². The fraction of sp³-hybridized carbons (Fsp3) is 0.333. The van der Waals surface area contributed by atoms with Gasteiger partial charge in [-0.15, -0.1) is 0 Å². The summed E-state index contributed by atoms with van der Waals surface area (Å²) in [5.74, 6) is 0.585. The van der Waals surface area contributed by atoms with E-state index in [4.69, 9.17) is 21.1 Å². The van der Waals surface area contributed by atoms with Gasteiger partial charge in [0.1, 0.15) is 0 Å². The van der Waals surface area contributed by atoms with Crippen LogP contribution < -0.4 is 20.1 Å². The Labute approximate surface area is 170 Å². The van der Waals surface area contributed by atoms with E-state index in [1.807, 2.05) is 39.0 Å². The maximum atomic E-state index is 12.2. The molecule has 0 saturated heterocycles. The van der Waals surface area contributed by atoms with Gasteiger partial charge in [0.15, 0.2) is 11.5 Å². The van der Waals surface area contributed by atoms with E-state index in [9.17, 15) is 9.59 Å².